The van der Waals surface area contributed by atoms with Gasteiger partial charge in [-0.25, -0.2) is 0 Å². The van der Waals surface area contributed by atoms with Crippen LogP contribution in [0.5, 0.6) is 0 Å². The Morgan fingerprint density at radius 3 is 2.08 bits per heavy atom. The molecule has 77 valence electrons. The van der Waals surface area contributed by atoms with E-state index in [0.717, 1.165) is 19.3 Å². The average molecular weight is 183 g/mol. The smallest absolute Gasteiger partial charge is 0.132 e. The topological polar surface area (TPSA) is 17.1 Å². The quantitative estimate of drug-likeness (QED) is 0.495. The lowest BCUT2D eigenvalue weighted by molar-refractivity contribution is -0.118. The molecule has 0 aromatic rings. The summed E-state index contributed by atoms with van der Waals surface area (Å²) in [5.74, 6) is 0.415. The number of hydrogen-bond donors (Lipinski definition) is 0. The highest BCUT2D eigenvalue weighted by Crippen LogP contribution is 2.08. The maximum Gasteiger partial charge on any atom is 0.132 e. The summed E-state index contributed by atoms with van der Waals surface area (Å²) < 4.78 is 0. The molecule has 0 aliphatic carbocycles. The molecule has 0 atom stereocenters. The number of Topliss-reactive ketones (excluding diaryl/α,β-unsaturated/α-hetero) is 1. The third kappa shape index (κ3) is 9.59. The van der Waals surface area contributed by atoms with Crippen molar-refractivity contribution in [2.45, 2.75) is 64.7 Å². The van der Waals surface area contributed by atoms with Crippen molar-refractivity contribution in [3.05, 3.63) is 6.92 Å². The predicted molar refractivity (Wildman–Crippen MR) is 57.6 cm³/mol. The van der Waals surface area contributed by atoms with E-state index in [-0.39, 0.29) is 0 Å². The zero-order valence-electron chi connectivity index (χ0n) is 8.98. The lowest BCUT2D eigenvalue weighted by Gasteiger charge is -1.99. The van der Waals surface area contributed by atoms with Gasteiger partial charge in [0.2, 0.25) is 0 Å². The number of carbonyl (C=O) groups is 1. The number of carbonyl (C=O) groups excluding carboxylic acids is 1. The van der Waals surface area contributed by atoms with Gasteiger partial charge in [-0.3, -0.25) is 4.79 Å². The lowest BCUT2D eigenvalue weighted by Crippen LogP contribution is -1.94. The third-order valence-corrected chi connectivity index (χ3v) is 2.35. The van der Waals surface area contributed by atoms with Crippen LogP contribution in [0.2, 0.25) is 0 Å². The van der Waals surface area contributed by atoms with E-state index >= 15 is 0 Å². The molecule has 0 aliphatic heterocycles. The van der Waals surface area contributed by atoms with Crippen molar-refractivity contribution in [3.8, 4) is 0 Å². The Balaban J connectivity index is 2.95. The first-order chi connectivity index (χ1) is 6.31. The normalized spacial score (nSPS) is 10.3. The van der Waals surface area contributed by atoms with Crippen LogP contribution < -0.4 is 0 Å². The molecule has 0 amide bonds. The first-order valence-electron chi connectivity index (χ1n) is 5.62. The van der Waals surface area contributed by atoms with Crippen molar-refractivity contribution in [1.82, 2.24) is 0 Å². The fourth-order valence-corrected chi connectivity index (χ4v) is 1.38. The summed E-state index contributed by atoms with van der Waals surface area (Å²) in [6, 6.07) is 0. The van der Waals surface area contributed by atoms with E-state index in [0.29, 0.717) is 12.2 Å². The number of rotatable bonds is 9. The van der Waals surface area contributed by atoms with Gasteiger partial charge < -0.3 is 0 Å². The second kappa shape index (κ2) is 9.76. The van der Waals surface area contributed by atoms with Crippen LogP contribution in [-0.4, -0.2) is 5.78 Å². The minimum Gasteiger partial charge on any atom is -0.300 e. The van der Waals surface area contributed by atoms with Crippen molar-refractivity contribution in [3.63, 3.8) is 0 Å². The van der Waals surface area contributed by atoms with Crippen molar-refractivity contribution < 1.29 is 4.79 Å². The molecular formula is C12H23O. The van der Waals surface area contributed by atoms with Crippen LogP contribution >= 0.6 is 0 Å². The van der Waals surface area contributed by atoms with Crippen LogP contribution in [0.25, 0.3) is 0 Å². The summed E-state index contributed by atoms with van der Waals surface area (Å²) in [7, 11) is 0. The molecule has 0 aliphatic rings. The van der Waals surface area contributed by atoms with Gasteiger partial charge in [-0.1, -0.05) is 52.4 Å². The van der Waals surface area contributed by atoms with E-state index in [4.69, 9.17) is 0 Å². The maximum absolute atomic E-state index is 10.9. The van der Waals surface area contributed by atoms with E-state index in [9.17, 15) is 4.79 Å². The van der Waals surface area contributed by atoms with Gasteiger partial charge in [0, 0.05) is 12.8 Å². The number of hydrogen-bond acceptors (Lipinski definition) is 1. The van der Waals surface area contributed by atoms with Crippen molar-refractivity contribution >= 4 is 5.78 Å². The molecule has 0 saturated heterocycles. The van der Waals surface area contributed by atoms with Gasteiger partial charge in [-0.2, -0.15) is 0 Å². The van der Waals surface area contributed by atoms with E-state index in [2.05, 4.69) is 6.92 Å². The maximum atomic E-state index is 10.9. The first kappa shape index (κ1) is 12.7. The average Bonchev–Trinajstić information content (AvgIpc) is 2.16. The van der Waals surface area contributed by atoms with E-state index in [1.165, 1.54) is 32.1 Å². The van der Waals surface area contributed by atoms with Gasteiger partial charge in [0.05, 0.1) is 0 Å². The predicted octanol–water partition coefficient (Wildman–Crippen LogP) is 3.92. The minimum absolute atomic E-state index is 0.415. The SMILES string of the molecule is [CH2]CCCCCCCCC(=O)CC. The highest BCUT2D eigenvalue weighted by atomic mass is 16.1. The van der Waals surface area contributed by atoms with E-state index in [1.54, 1.807) is 0 Å². The van der Waals surface area contributed by atoms with Crippen molar-refractivity contribution in [2.75, 3.05) is 0 Å². The van der Waals surface area contributed by atoms with E-state index in [1.807, 2.05) is 6.92 Å². The third-order valence-electron chi connectivity index (χ3n) is 2.35. The molecule has 1 radical (unpaired) electrons. The first-order valence-corrected chi connectivity index (χ1v) is 5.62. The number of ketones is 1. The molecule has 0 spiro atoms. The zero-order valence-corrected chi connectivity index (χ0v) is 8.98. The molecule has 1 heteroatoms. The van der Waals surface area contributed by atoms with Crippen LogP contribution in [0.4, 0.5) is 0 Å². The van der Waals surface area contributed by atoms with Gasteiger partial charge in [0.25, 0.3) is 0 Å². The van der Waals surface area contributed by atoms with Crippen molar-refractivity contribution in [2.24, 2.45) is 0 Å². The Bertz CT molecular complexity index is 118. The van der Waals surface area contributed by atoms with Gasteiger partial charge in [0.1, 0.15) is 5.78 Å². The fourth-order valence-electron chi connectivity index (χ4n) is 1.38. The molecular weight excluding hydrogens is 160 g/mol. The highest BCUT2D eigenvalue weighted by molar-refractivity contribution is 5.77. The molecule has 0 bridgehead atoms. The molecule has 0 unspecified atom stereocenters. The second-order valence-electron chi connectivity index (χ2n) is 3.62. The molecule has 0 heterocycles. The summed E-state index contributed by atoms with van der Waals surface area (Å²) in [6.07, 6.45) is 10.1. The Labute approximate surface area is 82.9 Å². The van der Waals surface area contributed by atoms with Gasteiger partial charge in [0.15, 0.2) is 0 Å². The molecule has 1 nitrogen and oxygen atoms in total. The molecule has 0 aromatic heterocycles. The summed E-state index contributed by atoms with van der Waals surface area (Å²) in [5, 5.41) is 0. The summed E-state index contributed by atoms with van der Waals surface area (Å²) >= 11 is 0. The molecule has 13 heavy (non-hydrogen) atoms. The molecule has 0 N–H and O–H groups in total. The Hall–Kier alpha value is -0.330. The monoisotopic (exact) mass is 183 g/mol. The standard InChI is InChI=1S/C12H23O/c1-3-5-6-7-8-9-10-11-12(13)4-2/h1,3-11H2,2H3. The fraction of sp³-hybridized carbons (Fsp3) is 0.833. The molecule has 0 aromatic carbocycles. The van der Waals surface area contributed by atoms with Crippen molar-refractivity contribution in [1.29, 1.82) is 0 Å². The minimum atomic E-state index is 0.415. The Morgan fingerprint density at radius 2 is 1.54 bits per heavy atom. The summed E-state index contributed by atoms with van der Waals surface area (Å²) in [5.41, 5.74) is 0. The molecule has 0 rings (SSSR count). The molecule has 0 fully saturated rings. The van der Waals surface area contributed by atoms with Gasteiger partial charge in [-0.05, 0) is 6.42 Å². The van der Waals surface area contributed by atoms with Crippen LogP contribution in [0, 0.1) is 6.92 Å². The van der Waals surface area contributed by atoms with Crippen LogP contribution in [0.3, 0.4) is 0 Å². The largest absolute Gasteiger partial charge is 0.300 e. The number of unbranched alkanes of at least 4 members (excludes halogenated alkanes) is 6. The zero-order chi connectivity index (χ0) is 9.94. The summed E-state index contributed by atoms with van der Waals surface area (Å²) in [4.78, 5) is 10.9. The van der Waals surface area contributed by atoms with Gasteiger partial charge >= 0.3 is 0 Å². The van der Waals surface area contributed by atoms with Crippen LogP contribution in [-0.2, 0) is 4.79 Å². The van der Waals surface area contributed by atoms with Crippen LogP contribution in [0.1, 0.15) is 64.7 Å². The molecule has 0 saturated carbocycles. The Morgan fingerprint density at radius 1 is 1.00 bits per heavy atom. The Kier molecular flexibility index (Phi) is 9.51. The second-order valence-corrected chi connectivity index (χ2v) is 3.62. The lowest BCUT2D eigenvalue weighted by atomic mass is 10.1. The van der Waals surface area contributed by atoms with E-state index < -0.39 is 0 Å². The summed E-state index contributed by atoms with van der Waals surface area (Å²) in [6.45, 7) is 5.75. The van der Waals surface area contributed by atoms with Crippen LogP contribution in [0.15, 0.2) is 0 Å². The van der Waals surface area contributed by atoms with Gasteiger partial charge in [-0.15, -0.1) is 0 Å². The highest BCUT2D eigenvalue weighted by Gasteiger charge is 1.97.